The first-order valence-electron chi connectivity index (χ1n) is 9.38. The van der Waals surface area contributed by atoms with Crippen molar-refractivity contribution in [2.45, 2.75) is 44.2 Å². The Balaban J connectivity index is 1.54. The van der Waals surface area contributed by atoms with Crippen molar-refractivity contribution in [3.05, 3.63) is 41.5 Å². The van der Waals surface area contributed by atoms with Crippen LogP contribution >= 0.6 is 11.3 Å². The first kappa shape index (κ1) is 17.4. The second-order valence-corrected chi connectivity index (χ2v) is 8.44. The van der Waals surface area contributed by atoms with Crippen LogP contribution in [0.25, 0.3) is 10.1 Å². The SMILES string of the molecule is CCC1CCNC2(CC2)C1NC(=O)c1cc2ccc(N/C=C\N)cc2s1. The van der Waals surface area contributed by atoms with E-state index in [0.717, 1.165) is 40.0 Å². The molecule has 2 atom stereocenters. The minimum Gasteiger partial charge on any atom is -0.403 e. The molecule has 1 aromatic carbocycles. The van der Waals surface area contributed by atoms with Crippen LogP contribution in [0, 0.1) is 5.92 Å². The zero-order valence-electron chi connectivity index (χ0n) is 15.0. The number of benzene rings is 1. The Bertz CT molecular complexity index is 839. The van der Waals surface area contributed by atoms with Crippen molar-refractivity contribution in [2.24, 2.45) is 11.7 Å². The highest BCUT2D eigenvalue weighted by atomic mass is 32.1. The Morgan fingerprint density at radius 3 is 3.00 bits per heavy atom. The van der Waals surface area contributed by atoms with Gasteiger partial charge in [0.15, 0.2) is 0 Å². The molecule has 1 spiro atoms. The monoisotopic (exact) mass is 370 g/mol. The Labute approximate surface area is 158 Å². The van der Waals surface area contributed by atoms with Gasteiger partial charge >= 0.3 is 0 Å². The summed E-state index contributed by atoms with van der Waals surface area (Å²) >= 11 is 1.54. The Morgan fingerprint density at radius 1 is 1.42 bits per heavy atom. The second-order valence-electron chi connectivity index (χ2n) is 7.36. The topological polar surface area (TPSA) is 79.2 Å². The number of fused-ring (bicyclic) bond motifs is 1. The number of anilines is 1. The lowest BCUT2D eigenvalue weighted by Crippen LogP contribution is -2.59. The molecule has 1 aromatic heterocycles. The average molecular weight is 371 g/mol. The van der Waals surface area contributed by atoms with Gasteiger partial charge in [0.1, 0.15) is 0 Å². The van der Waals surface area contributed by atoms with E-state index in [1.165, 1.54) is 19.0 Å². The minimum atomic E-state index is 0.0565. The predicted molar refractivity (Wildman–Crippen MR) is 108 cm³/mol. The molecule has 1 saturated heterocycles. The second kappa shape index (κ2) is 6.93. The van der Waals surface area contributed by atoms with E-state index in [1.54, 1.807) is 17.5 Å². The van der Waals surface area contributed by atoms with Gasteiger partial charge in [0.25, 0.3) is 5.91 Å². The Kier molecular flexibility index (Phi) is 4.63. The summed E-state index contributed by atoms with van der Waals surface area (Å²) in [5.74, 6) is 0.622. The first-order valence-corrected chi connectivity index (χ1v) is 10.2. The van der Waals surface area contributed by atoms with E-state index >= 15 is 0 Å². The summed E-state index contributed by atoms with van der Waals surface area (Å²) in [6, 6.07) is 8.32. The van der Waals surface area contributed by atoms with E-state index in [0.29, 0.717) is 5.92 Å². The lowest BCUT2D eigenvalue weighted by molar-refractivity contribution is 0.0879. The van der Waals surface area contributed by atoms with Crippen molar-refractivity contribution in [1.29, 1.82) is 0 Å². The molecule has 2 aliphatic rings. The predicted octanol–water partition coefficient (Wildman–Crippen LogP) is 3.39. The van der Waals surface area contributed by atoms with Crippen molar-refractivity contribution in [3.63, 3.8) is 0 Å². The van der Waals surface area contributed by atoms with Crippen molar-refractivity contribution in [1.82, 2.24) is 10.6 Å². The molecule has 0 radical (unpaired) electrons. The third-order valence-corrected chi connectivity index (χ3v) is 6.85. The number of carbonyl (C=O) groups excluding carboxylic acids is 1. The zero-order valence-corrected chi connectivity index (χ0v) is 15.9. The summed E-state index contributed by atoms with van der Waals surface area (Å²) in [5, 5.41) is 11.2. The molecular formula is C20H26N4OS. The van der Waals surface area contributed by atoms with Crippen LogP contribution in [-0.4, -0.2) is 24.0 Å². The van der Waals surface area contributed by atoms with Crippen LogP contribution in [-0.2, 0) is 0 Å². The number of hydrogen-bond donors (Lipinski definition) is 4. The highest BCUT2D eigenvalue weighted by Gasteiger charge is 2.53. The third-order valence-electron chi connectivity index (χ3n) is 5.75. The first-order chi connectivity index (χ1) is 12.6. The molecule has 1 aliphatic heterocycles. The van der Waals surface area contributed by atoms with Crippen molar-refractivity contribution < 1.29 is 4.79 Å². The molecule has 1 aliphatic carbocycles. The van der Waals surface area contributed by atoms with E-state index in [2.05, 4.69) is 28.9 Å². The number of amides is 1. The van der Waals surface area contributed by atoms with E-state index in [1.807, 2.05) is 18.2 Å². The maximum absolute atomic E-state index is 12.9. The van der Waals surface area contributed by atoms with Crippen LogP contribution in [0.4, 0.5) is 5.69 Å². The molecule has 138 valence electrons. The van der Waals surface area contributed by atoms with Gasteiger partial charge in [-0.25, -0.2) is 0 Å². The molecule has 6 heteroatoms. The molecule has 5 N–H and O–H groups in total. The molecule has 2 fully saturated rings. The van der Waals surface area contributed by atoms with Gasteiger partial charge in [0.2, 0.25) is 0 Å². The Morgan fingerprint density at radius 2 is 2.27 bits per heavy atom. The van der Waals surface area contributed by atoms with Gasteiger partial charge in [-0.15, -0.1) is 11.3 Å². The summed E-state index contributed by atoms with van der Waals surface area (Å²) in [7, 11) is 0. The zero-order chi connectivity index (χ0) is 18.1. The number of rotatable bonds is 5. The maximum Gasteiger partial charge on any atom is 0.261 e. The van der Waals surface area contributed by atoms with Crippen LogP contribution in [0.3, 0.4) is 0 Å². The largest absolute Gasteiger partial charge is 0.403 e. The molecule has 5 nitrogen and oxygen atoms in total. The fourth-order valence-corrected chi connectivity index (χ4v) is 5.15. The average Bonchev–Trinajstić information content (AvgIpc) is 3.29. The maximum atomic E-state index is 12.9. The molecule has 4 rings (SSSR count). The summed E-state index contributed by atoms with van der Waals surface area (Å²) in [5.41, 5.74) is 6.49. The summed E-state index contributed by atoms with van der Waals surface area (Å²) in [4.78, 5) is 13.7. The molecule has 1 amide bonds. The van der Waals surface area contributed by atoms with Crippen LogP contribution in [0.15, 0.2) is 36.7 Å². The van der Waals surface area contributed by atoms with Gasteiger partial charge < -0.3 is 21.7 Å². The smallest absolute Gasteiger partial charge is 0.261 e. The molecule has 1 saturated carbocycles. The molecular weight excluding hydrogens is 344 g/mol. The van der Waals surface area contributed by atoms with E-state index in [-0.39, 0.29) is 17.5 Å². The van der Waals surface area contributed by atoms with Crippen molar-refractivity contribution in [2.75, 3.05) is 11.9 Å². The van der Waals surface area contributed by atoms with Crippen LogP contribution in [0.5, 0.6) is 0 Å². The van der Waals surface area contributed by atoms with Gasteiger partial charge in [0, 0.05) is 28.3 Å². The van der Waals surface area contributed by atoms with Gasteiger partial charge in [-0.05, 0) is 55.3 Å². The molecule has 2 heterocycles. The number of carbonyl (C=O) groups is 1. The molecule has 26 heavy (non-hydrogen) atoms. The Hall–Kier alpha value is -2.05. The summed E-state index contributed by atoms with van der Waals surface area (Å²) in [6.07, 6.45) is 7.75. The van der Waals surface area contributed by atoms with Gasteiger partial charge in [-0.1, -0.05) is 19.4 Å². The summed E-state index contributed by atoms with van der Waals surface area (Å²) in [6.45, 7) is 3.30. The van der Waals surface area contributed by atoms with Gasteiger partial charge in [0.05, 0.1) is 10.9 Å². The van der Waals surface area contributed by atoms with Crippen LogP contribution < -0.4 is 21.7 Å². The highest BCUT2D eigenvalue weighted by molar-refractivity contribution is 7.20. The highest BCUT2D eigenvalue weighted by Crippen LogP contribution is 2.45. The van der Waals surface area contributed by atoms with E-state index < -0.39 is 0 Å². The number of hydrogen-bond acceptors (Lipinski definition) is 5. The van der Waals surface area contributed by atoms with Gasteiger partial charge in [-0.2, -0.15) is 0 Å². The number of nitrogens with one attached hydrogen (secondary N) is 3. The standard InChI is InChI=1S/C20H26N4OS/c1-2-13-5-9-23-20(6-7-20)18(13)24-19(25)17-11-14-3-4-15(22-10-8-21)12-16(14)26-17/h3-4,8,10-13,18,22-23H,2,5-7,9,21H2,1H3,(H,24,25)/b10-8-. The molecule has 0 bridgehead atoms. The number of nitrogens with two attached hydrogens (primary N) is 1. The van der Waals surface area contributed by atoms with Crippen LogP contribution in [0.1, 0.15) is 42.3 Å². The quantitative estimate of drug-likeness (QED) is 0.650. The van der Waals surface area contributed by atoms with Crippen LogP contribution in [0.2, 0.25) is 0 Å². The fraction of sp³-hybridized carbons (Fsp3) is 0.450. The fourth-order valence-electron chi connectivity index (χ4n) is 4.14. The lowest BCUT2D eigenvalue weighted by atomic mass is 9.83. The van der Waals surface area contributed by atoms with Crippen molar-refractivity contribution in [3.8, 4) is 0 Å². The molecule has 2 aromatic rings. The number of thiophene rings is 1. The van der Waals surface area contributed by atoms with Crippen molar-refractivity contribution >= 4 is 33.0 Å². The third kappa shape index (κ3) is 3.19. The lowest BCUT2D eigenvalue weighted by Gasteiger charge is -2.39. The normalized spacial score (nSPS) is 24.2. The van der Waals surface area contributed by atoms with Gasteiger partial charge in [-0.3, -0.25) is 4.79 Å². The summed E-state index contributed by atoms with van der Waals surface area (Å²) < 4.78 is 1.10. The van der Waals surface area contributed by atoms with E-state index in [9.17, 15) is 4.79 Å². The number of piperidine rings is 1. The molecule has 2 unspecified atom stereocenters. The van der Waals surface area contributed by atoms with E-state index in [4.69, 9.17) is 5.73 Å². The minimum absolute atomic E-state index is 0.0565.